The van der Waals surface area contributed by atoms with Gasteiger partial charge in [-0.15, -0.1) is 0 Å². The fourth-order valence-electron chi connectivity index (χ4n) is 2.97. The number of nitrogens with zero attached hydrogens (tertiary/aromatic N) is 2. The van der Waals surface area contributed by atoms with Crippen molar-refractivity contribution in [3.63, 3.8) is 0 Å². The van der Waals surface area contributed by atoms with Crippen molar-refractivity contribution in [1.29, 1.82) is 0 Å². The third-order valence-corrected chi connectivity index (χ3v) is 4.68. The van der Waals surface area contributed by atoms with Gasteiger partial charge in [0, 0.05) is 40.8 Å². The molecule has 0 spiro atoms. The third kappa shape index (κ3) is 4.00. The summed E-state index contributed by atoms with van der Waals surface area (Å²) in [5, 5.41) is 8.46. The molecule has 2 aromatic heterocycles. The van der Waals surface area contributed by atoms with E-state index in [2.05, 4.69) is 15.4 Å². The number of benzene rings is 2. The van der Waals surface area contributed by atoms with Crippen molar-refractivity contribution < 1.29 is 14.3 Å². The summed E-state index contributed by atoms with van der Waals surface area (Å²) < 4.78 is 6.70. The average molecular weight is 409 g/mol. The number of anilines is 1. The summed E-state index contributed by atoms with van der Waals surface area (Å²) >= 11 is 5.91. The Bertz CT molecular complexity index is 1190. The number of nitrogens with one attached hydrogen (secondary N) is 2. The highest BCUT2D eigenvalue weighted by Crippen LogP contribution is 2.23. The van der Waals surface area contributed by atoms with Crippen molar-refractivity contribution in [3.8, 4) is 11.3 Å². The number of hydrogen-bond donors (Lipinski definition) is 2. The lowest BCUT2D eigenvalue weighted by molar-refractivity contribution is -0.119. The molecule has 2 N–H and O–H groups in total. The highest BCUT2D eigenvalue weighted by atomic mass is 35.5. The maximum absolute atomic E-state index is 12.3. The monoisotopic (exact) mass is 408 g/mol. The van der Waals surface area contributed by atoms with Crippen LogP contribution in [-0.2, 0) is 16.6 Å². The van der Waals surface area contributed by atoms with Gasteiger partial charge in [0.2, 0.25) is 0 Å². The SMILES string of the molecule is Cn1nc(-c2ccc(Cl)cc2)cc1NC(=O)COC(=O)c1c[nH]c2ccccc12. The van der Waals surface area contributed by atoms with Crippen LogP contribution < -0.4 is 5.32 Å². The third-order valence-electron chi connectivity index (χ3n) is 4.43. The van der Waals surface area contributed by atoms with Crippen LogP contribution >= 0.6 is 11.6 Å². The summed E-state index contributed by atoms with van der Waals surface area (Å²) in [6.07, 6.45) is 1.57. The van der Waals surface area contributed by atoms with Gasteiger partial charge >= 0.3 is 5.97 Å². The van der Waals surface area contributed by atoms with Crippen molar-refractivity contribution in [2.75, 3.05) is 11.9 Å². The average Bonchev–Trinajstić information content (AvgIpc) is 3.31. The molecular formula is C21H17ClN4O3. The Morgan fingerprint density at radius 2 is 1.93 bits per heavy atom. The van der Waals surface area contributed by atoms with Crippen molar-refractivity contribution in [3.05, 3.63) is 71.4 Å². The van der Waals surface area contributed by atoms with Crippen LogP contribution in [0.25, 0.3) is 22.2 Å². The van der Waals surface area contributed by atoms with Crippen LogP contribution in [0.3, 0.4) is 0 Å². The molecule has 2 heterocycles. The first-order chi connectivity index (χ1) is 14.0. The molecule has 1 amide bonds. The number of halogens is 1. The Morgan fingerprint density at radius 3 is 2.72 bits per heavy atom. The molecule has 29 heavy (non-hydrogen) atoms. The maximum Gasteiger partial charge on any atom is 0.340 e. The molecular weight excluding hydrogens is 392 g/mol. The predicted octanol–water partition coefficient (Wildman–Crippen LogP) is 4.02. The van der Waals surface area contributed by atoms with Gasteiger partial charge in [0.05, 0.1) is 11.3 Å². The van der Waals surface area contributed by atoms with Crippen molar-refractivity contribution >= 4 is 40.2 Å². The lowest BCUT2D eigenvalue weighted by Crippen LogP contribution is -2.22. The first-order valence-electron chi connectivity index (χ1n) is 8.84. The van der Waals surface area contributed by atoms with E-state index < -0.39 is 18.5 Å². The minimum atomic E-state index is -0.565. The lowest BCUT2D eigenvalue weighted by Gasteiger charge is -2.06. The molecule has 0 saturated heterocycles. The number of carbonyl (C=O) groups excluding carboxylic acids is 2. The largest absolute Gasteiger partial charge is 0.452 e. The zero-order valence-corrected chi connectivity index (χ0v) is 16.2. The van der Waals surface area contributed by atoms with Gasteiger partial charge in [-0.3, -0.25) is 9.48 Å². The molecule has 8 heteroatoms. The van der Waals surface area contributed by atoms with E-state index in [4.69, 9.17) is 16.3 Å². The van der Waals surface area contributed by atoms with Crippen LogP contribution in [0, 0.1) is 0 Å². The molecule has 2 aromatic carbocycles. The van der Waals surface area contributed by atoms with Crippen molar-refractivity contribution in [1.82, 2.24) is 14.8 Å². The smallest absolute Gasteiger partial charge is 0.340 e. The minimum absolute atomic E-state index is 0.388. The quantitative estimate of drug-likeness (QED) is 0.488. The fourth-order valence-corrected chi connectivity index (χ4v) is 3.10. The van der Waals surface area contributed by atoms with E-state index in [1.807, 2.05) is 36.4 Å². The van der Waals surface area contributed by atoms with Crippen molar-refractivity contribution in [2.45, 2.75) is 0 Å². The number of aromatic nitrogens is 3. The number of ether oxygens (including phenoxy) is 1. The number of amides is 1. The van der Waals surface area contributed by atoms with Crippen molar-refractivity contribution in [2.24, 2.45) is 7.05 Å². The number of aryl methyl sites for hydroxylation is 1. The number of hydrogen-bond acceptors (Lipinski definition) is 4. The molecule has 0 bridgehead atoms. The first-order valence-corrected chi connectivity index (χ1v) is 9.22. The van der Waals surface area contributed by atoms with Gasteiger partial charge in [0.15, 0.2) is 6.61 Å². The normalized spacial score (nSPS) is 10.8. The topological polar surface area (TPSA) is 89.0 Å². The van der Waals surface area contributed by atoms with Gasteiger partial charge < -0.3 is 15.0 Å². The molecule has 4 aromatic rings. The second kappa shape index (κ2) is 7.81. The highest BCUT2D eigenvalue weighted by molar-refractivity contribution is 6.30. The molecule has 0 aliphatic rings. The second-order valence-electron chi connectivity index (χ2n) is 6.42. The van der Waals surface area contributed by atoms with E-state index in [0.29, 0.717) is 22.1 Å². The van der Waals surface area contributed by atoms with E-state index in [0.717, 1.165) is 16.5 Å². The second-order valence-corrected chi connectivity index (χ2v) is 6.85. The lowest BCUT2D eigenvalue weighted by atomic mass is 10.1. The van der Waals surface area contributed by atoms with Crippen LogP contribution in [0.1, 0.15) is 10.4 Å². The Balaban J connectivity index is 1.40. The van der Waals surface area contributed by atoms with E-state index in [9.17, 15) is 9.59 Å². The Labute approximate surface area is 171 Å². The number of rotatable bonds is 5. The zero-order chi connectivity index (χ0) is 20.4. The van der Waals surface area contributed by atoms with E-state index in [-0.39, 0.29) is 0 Å². The summed E-state index contributed by atoms with van der Waals surface area (Å²) in [7, 11) is 1.72. The van der Waals surface area contributed by atoms with Gasteiger partial charge in [-0.05, 0) is 18.2 Å². The van der Waals surface area contributed by atoms with E-state index in [1.165, 1.54) is 0 Å². The Kier molecular flexibility index (Phi) is 5.05. The fraction of sp³-hybridized carbons (Fsp3) is 0.0952. The number of esters is 1. The molecule has 0 atom stereocenters. The van der Waals surface area contributed by atoms with Gasteiger partial charge in [0.25, 0.3) is 5.91 Å². The van der Waals surface area contributed by atoms with Crippen LogP contribution in [0.2, 0.25) is 5.02 Å². The van der Waals surface area contributed by atoms with Crippen LogP contribution in [0.5, 0.6) is 0 Å². The first kappa shape index (κ1) is 18.8. The highest BCUT2D eigenvalue weighted by Gasteiger charge is 2.16. The van der Waals surface area contributed by atoms with E-state index in [1.54, 1.807) is 36.1 Å². The van der Waals surface area contributed by atoms with Gasteiger partial charge in [-0.25, -0.2) is 4.79 Å². The number of H-pyrrole nitrogens is 1. The number of para-hydroxylation sites is 1. The minimum Gasteiger partial charge on any atom is -0.452 e. The van der Waals surface area contributed by atoms with Gasteiger partial charge in [-0.2, -0.15) is 5.10 Å². The summed E-state index contributed by atoms with van der Waals surface area (Å²) in [5.41, 5.74) is 2.78. The molecule has 0 fully saturated rings. The molecule has 0 radical (unpaired) electrons. The summed E-state index contributed by atoms with van der Waals surface area (Å²) in [5.74, 6) is -0.531. The number of fused-ring (bicyclic) bond motifs is 1. The Hall–Kier alpha value is -3.58. The van der Waals surface area contributed by atoms with Crippen LogP contribution in [0.4, 0.5) is 5.82 Å². The predicted molar refractivity (Wildman–Crippen MR) is 111 cm³/mol. The summed E-state index contributed by atoms with van der Waals surface area (Å²) in [6.45, 7) is -0.403. The molecule has 0 unspecified atom stereocenters. The zero-order valence-electron chi connectivity index (χ0n) is 15.5. The number of aromatic amines is 1. The van der Waals surface area contributed by atoms with Crippen LogP contribution in [-0.4, -0.2) is 33.2 Å². The molecule has 4 rings (SSSR count). The summed E-state index contributed by atoms with van der Waals surface area (Å²) in [4.78, 5) is 27.6. The van der Waals surface area contributed by atoms with Crippen LogP contribution in [0.15, 0.2) is 60.8 Å². The Morgan fingerprint density at radius 1 is 1.17 bits per heavy atom. The molecule has 0 saturated carbocycles. The molecule has 7 nitrogen and oxygen atoms in total. The molecule has 0 aliphatic carbocycles. The maximum atomic E-state index is 12.3. The van der Waals surface area contributed by atoms with Gasteiger partial charge in [-0.1, -0.05) is 41.9 Å². The molecule has 146 valence electrons. The standard InChI is InChI=1S/C21H17ClN4O3/c1-26-19(10-18(25-26)13-6-8-14(22)9-7-13)24-20(27)12-29-21(28)16-11-23-17-5-3-2-4-15(16)17/h2-11,23H,12H2,1H3,(H,24,27). The van der Waals surface area contributed by atoms with Gasteiger partial charge in [0.1, 0.15) is 5.82 Å². The summed E-state index contributed by atoms with van der Waals surface area (Å²) in [6, 6.07) is 16.4. The van der Waals surface area contributed by atoms with E-state index >= 15 is 0 Å². The molecule has 0 aliphatic heterocycles. The number of carbonyl (C=O) groups is 2.